The zero-order valence-corrected chi connectivity index (χ0v) is 15.9. The first-order valence-corrected chi connectivity index (χ1v) is 8.72. The lowest BCUT2D eigenvalue weighted by atomic mass is 10.1. The molecule has 0 aliphatic rings. The number of carbonyl (C=O) groups excluding carboxylic acids is 4. The number of esters is 1. The third kappa shape index (κ3) is 6.35. The molecule has 7 heteroatoms. The van der Waals surface area contributed by atoms with E-state index in [9.17, 15) is 19.2 Å². The number of nitrogens with one attached hydrogen (secondary N) is 2. The van der Waals surface area contributed by atoms with Crippen molar-refractivity contribution in [2.75, 3.05) is 10.6 Å². The van der Waals surface area contributed by atoms with Gasteiger partial charge in [0.05, 0.1) is 6.42 Å². The first kappa shape index (κ1) is 20.8. The Morgan fingerprint density at radius 2 is 1.29 bits per heavy atom. The second-order valence-electron chi connectivity index (χ2n) is 6.31. The van der Waals surface area contributed by atoms with Gasteiger partial charge in [-0.25, -0.2) is 0 Å². The van der Waals surface area contributed by atoms with Gasteiger partial charge in [0.15, 0.2) is 6.10 Å². The van der Waals surface area contributed by atoms with Gasteiger partial charge in [0.1, 0.15) is 0 Å². The monoisotopic (exact) mass is 382 g/mol. The van der Waals surface area contributed by atoms with Crippen molar-refractivity contribution in [3.8, 4) is 0 Å². The highest BCUT2D eigenvalue weighted by atomic mass is 16.5. The molecule has 0 bridgehead atoms. The average Bonchev–Trinajstić information content (AvgIpc) is 2.62. The molecule has 0 aliphatic heterocycles. The predicted octanol–water partition coefficient (Wildman–Crippen LogP) is 2.96. The summed E-state index contributed by atoms with van der Waals surface area (Å²) in [6, 6.07) is 13.2. The Balaban J connectivity index is 1.91. The van der Waals surface area contributed by atoms with Crippen molar-refractivity contribution in [1.82, 2.24) is 0 Å². The maximum atomic E-state index is 12.4. The topological polar surface area (TPSA) is 102 Å². The van der Waals surface area contributed by atoms with Crippen LogP contribution in [0.2, 0.25) is 0 Å². The molecule has 146 valence electrons. The second-order valence-corrected chi connectivity index (χ2v) is 6.31. The molecule has 2 amide bonds. The van der Waals surface area contributed by atoms with Crippen LogP contribution in [-0.4, -0.2) is 29.7 Å². The Labute approximate surface area is 163 Å². The van der Waals surface area contributed by atoms with Crippen LogP contribution < -0.4 is 10.6 Å². The van der Waals surface area contributed by atoms with Gasteiger partial charge >= 0.3 is 5.97 Å². The molecule has 2 N–H and O–H groups in total. The van der Waals surface area contributed by atoms with Crippen LogP contribution in [0.3, 0.4) is 0 Å². The predicted molar refractivity (Wildman–Crippen MR) is 105 cm³/mol. The summed E-state index contributed by atoms with van der Waals surface area (Å²) < 4.78 is 5.23. The van der Waals surface area contributed by atoms with Gasteiger partial charge in [-0.15, -0.1) is 0 Å². The van der Waals surface area contributed by atoms with Crippen LogP contribution in [0.1, 0.15) is 36.7 Å². The number of ketones is 1. The van der Waals surface area contributed by atoms with E-state index in [1.807, 2.05) is 0 Å². The van der Waals surface area contributed by atoms with Gasteiger partial charge in [-0.3, -0.25) is 19.2 Å². The van der Waals surface area contributed by atoms with Gasteiger partial charge in [0.2, 0.25) is 17.6 Å². The highest BCUT2D eigenvalue weighted by Gasteiger charge is 2.19. The second kappa shape index (κ2) is 9.45. The van der Waals surface area contributed by atoms with Crippen LogP contribution in [0, 0.1) is 0 Å². The van der Waals surface area contributed by atoms with Gasteiger partial charge in [-0.1, -0.05) is 12.1 Å². The number of anilines is 2. The molecule has 0 unspecified atom stereocenters. The molecule has 0 radical (unpaired) electrons. The third-order valence-corrected chi connectivity index (χ3v) is 3.79. The molecule has 28 heavy (non-hydrogen) atoms. The fraction of sp³-hybridized carbons (Fsp3) is 0.238. The standard InChI is InChI=1S/C21H22N2O5/c1-13(21(27)17-6-10-19(11-7-17)23-15(3)25)28-20(26)12-16-4-8-18(9-5-16)22-14(2)24/h4-11,13H,12H2,1-3H3,(H,22,24)(H,23,25)/t13-/m0/s1. The third-order valence-electron chi connectivity index (χ3n) is 3.79. The lowest BCUT2D eigenvalue weighted by Gasteiger charge is -2.13. The maximum absolute atomic E-state index is 12.4. The van der Waals surface area contributed by atoms with E-state index in [1.54, 1.807) is 48.5 Å². The first-order valence-electron chi connectivity index (χ1n) is 8.72. The molecule has 0 spiro atoms. The fourth-order valence-corrected chi connectivity index (χ4v) is 2.52. The van der Waals surface area contributed by atoms with Crippen molar-refractivity contribution in [1.29, 1.82) is 0 Å². The lowest BCUT2D eigenvalue weighted by Crippen LogP contribution is -2.25. The van der Waals surface area contributed by atoms with E-state index in [2.05, 4.69) is 10.6 Å². The highest BCUT2D eigenvalue weighted by molar-refractivity contribution is 6.00. The summed E-state index contributed by atoms with van der Waals surface area (Å²) in [7, 11) is 0. The summed E-state index contributed by atoms with van der Waals surface area (Å²) in [5, 5.41) is 5.26. The molecule has 0 aromatic heterocycles. The van der Waals surface area contributed by atoms with E-state index in [1.165, 1.54) is 20.8 Å². The van der Waals surface area contributed by atoms with Crippen molar-refractivity contribution in [2.24, 2.45) is 0 Å². The fourth-order valence-electron chi connectivity index (χ4n) is 2.52. The minimum Gasteiger partial charge on any atom is -0.454 e. The summed E-state index contributed by atoms with van der Waals surface area (Å²) in [5.41, 5.74) is 2.31. The van der Waals surface area contributed by atoms with Crippen LogP contribution in [0.15, 0.2) is 48.5 Å². The van der Waals surface area contributed by atoms with Crippen LogP contribution >= 0.6 is 0 Å². The van der Waals surface area contributed by atoms with Gasteiger partial charge in [0, 0.05) is 30.8 Å². The summed E-state index contributed by atoms with van der Waals surface area (Å²) in [5.74, 6) is -1.23. The van der Waals surface area contributed by atoms with Crippen molar-refractivity contribution in [2.45, 2.75) is 33.3 Å². The van der Waals surface area contributed by atoms with E-state index < -0.39 is 12.1 Å². The quantitative estimate of drug-likeness (QED) is 0.566. The number of rotatable bonds is 7. The molecule has 2 rings (SSSR count). The van der Waals surface area contributed by atoms with Crippen LogP contribution in [0.4, 0.5) is 11.4 Å². The number of benzene rings is 2. The normalized spacial score (nSPS) is 11.2. The van der Waals surface area contributed by atoms with E-state index >= 15 is 0 Å². The molecule has 0 saturated heterocycles. The van der Waals surface area contributed by atoms with Crippen molar-refractivity contribution >= 4 is 34.9 Å². The zero-order chi connectivity index (χ0) is 20.7. The number of amides is 2. The number of ether oxygens (including phenoxy) is 1. The molecule has 0 heterocycles. The molecule has 2 aromatic rings. The molecular formula is C21H22N2O5. The molecule has 1 atom stereocenters. The number of hydrogen-bond donors (Lipinski definition) is 2. The summed E-state index contributed by atoms with van der Waals surface area (Å²) in [6.07, 6.45) is -0.919. The smallest absolute Gasteiger partial charge is 0.310 e. The molecular weight excluding hydrogens is 360 g/mol. The number of hydrogen-bond acceptors (Lipinski definition) is 5. The summed E-state index contributed by atoms with van der Waals surface area (Å²) in [4.78, 5) is 46.5. The van der Waals surface area contributed by atoms with Gasteiger partial charge in [-0.2, -0.15) is 0 Å². The summed E-state index contributed by atoms with van der Waals surface area (Å²) in [6.45, 7) is 4.33. The highest BCUT2D eigenvalue weighted by Crippen LogP contribution is 2.14. The largest absolute Gasteiger partial charge is 0.454 e. The van der Waals surface area contributed by atoms with Gasteiger partial charge in [-0.05, 0) is 48.9 Å². The van der Waals surface area contributed by atoms with Crippen LogP contribution in [0.5, 0.6) is 0 Å². The van der Waals surface area contributed by atoms with Gasteiger partial charge in [0.25, 0.3) is 0 Å². The maximum Gasteiger partial charge on any atom is 0.310 e. The zero-order valence-electron chi connectivity index (χ0n) is 15.9. The Morgan fingerprint density at radius 1 is 0.821 bits per heavy atom. The Hall–Kier alpha value is -3.48. The van der Waals surface area contributed by atoms with Crippen LogP contribution in [-0.2, 0) is 25.5 Å². The molecule has 0 fully saturated rings. The average molecular weight is 382 g/mol. The SMILES string of the molecule is CC(=O)Nc1ccc(CC(=O)O[C@@H](C)C(=O)c2ccc(NC(C)=O)cc2)cc1. The molecule has 7 nitrogen and oxygen atoms in total. The Kier molecular flexibility index (Phi) is 7.03. The lowest BCUT2D eigenvalue weighted by molar-refractivity contribution is -0.145. The van der Waals surface area contributed by atoms with Crippen LogP contribution in [0.25, 0.3) is 0 Å². The minimum atomic E-state index is -0.933. The van der Waals surface area contributed by atoms with Crippen molar-refractivity contribution in [3.05, 3.63) is 59.7 Å². The Morgan fingerprint density at radius 3 is 1.75 bits per heavy atom. The van der Waals surface area contributed by atoms with E-state index in [0.717, 1.165) is 0 Å². The first-order chi connectivity index (χ1) is 13.2. The van der Waals surface area contributed by atoms with Crippen molar-refractivity contribution < 1.29 is 23.9 Å². The van der Waals surface area contributed by atoms with Gasteiger partial charge < -0.3 is 15.4 Å². The Bertz CT molecular complexity index is 873. The van der Waals surface area contributed by atoms with Crippen molar-refractivity contribution in [3.63, 3.8) is 0 Å². The molecule has 0 saturated carbocycles. The molecule has 2 aromatic carbocycles. The molecule has 0 aliphatic carbocycles. The number of carbonyl (C=O) groups is 4. The van der Waals surface area contributed by atoms with E-state index in [4.69, 9.17) is 4.74 Å². The minimum absolute atomic E-state index is 0.0133. The summed E-state index contributed by atoms with van der Waals surface area (Å²) >= 11 is 0. The number of Topliss-reactive ketones (excluding diaryl/α,β-unsaturated/α-hetero) is 1. The van der Waals surface area contributed by atoms with E-state index in [-0.39, 0.29) is 24.0 Å². The van der Waals surface area contributed by atoms with E-state index in [0.29, 0.717) is 22.5 Å².